The van der Waals surface area contributed by atoms with Crippen molar-refractivity contribution in [1.29, 1.82) is 0 Å². The molecule has 150 valence electrons. The van der Waals surface area contributed by atoms with Gasteiger partial charge in [0.05, 0.1) is 6.10 Å². The maximum atomic E-state index is 12.9. The SMILES string of the molecule is C[C@H]1C[C@@](C)(O)C(=O)OC/C2=C/CN(C)CC[C@@H](OC(=O)[C@@]13O[C@@H]3C)C2=O. The van der Waals surface area contributed by atoms with Crippen molar-refractivity contribution >= 4 is 17.7 Å². The number of likely N-dealkylation sites (N-methyl/N-ethyl adjacent to an activating group) is 1. The highest BCUT2D eigenvalue weighted by Crippen LogP contribution is 2.47. The van der Waals surface area contributed by atoms with Crippen molar-refractivity contribution < 1.29 is 33.7 Å². The molecule has 2 bridgehead atoms. The monoisotopic (exact) mass is 381 g/mol. The van der Waals surface area contributed by atoms with Crippen LogP contribution < -0.4 is 0 Å². The fraction of sp³-hybridized carbons (Fsp3) is 0.737. The molecule has 27 heavy (non-hydrogen) atoms. The molecule has 3 aliphatic rings. The van der Waals surface area contributed by atoms with E-state index in [0.29, 0.717) is 19.5 Å². The van der Waals surface area contributed by atoms with Gasteiger partial charge in [-0.05, 0) is 27.3 Å². The molecule has 0 aromatic rings. The molecule has 3 heterocycles. The van der Waals surface area contributed by atoms with Gasteiger partial charge in [0.25, 0.3) is 0 Å². The number of ether oxygens (including phenoxy) is 3. The van der Waals surface area contributed by atoms with E-state index in [-0.39, 0.29) is 24.4 Å². The molecule has 1 N–H and O–H groups in total. The van der Waals surface area contributed by atoms with E-state index in [0.717, 1.165) is 0 Å². The van der Waals surface area contributed by atoms with Crippen molar-refractivity contribution in [2.75, 3.05) is 26.7 Å². The summed E-state index contributed by atoms with van der Waals surface area (Å²) >= 11 is 0. The molecule has 0 aromatic carbocycles. The van der Waals surface area contributed by atoms with E-state index in [9.17, 15) is 19.5 Å². The number of aliphatic hydroxyl groups is 1. The maximum Gasteiger partial charge on any atom is 0.342 e. The molecule has 8 nitrogen and oxygen atoms in total. The Labute approximate surface area is 158 Å². The van der Waals surface area contributed by atoms with Gasteiger partial charge in [-0.25, -0.2) is 9.59 Å². The molecule has 0 unspecified atom stereocenters. The van der Waals surface area contributed by atoms with Crippen molar-refractivity contribution in [3.05, 3.63) is 11.6 Å². The highest BCUT2D eigenvalue weighted by atomic mass is 16.7. The van der Waals surface area contributed by atoms with Crippen molar-refractivity contribution in [3.8, 4) is 0 Å². The van der Waals surface area contributed by atoms with Crippen LogP contribution in [-0.2, 0) is 28.6 Å². The van der Waals surface area contributed by atoms with Gasteiger partial charge in [-0.3, -0.25) is 4.79 Å². The van der Waals surface area contributed by atoms with Gasteiger partial charge in [-0.1, -0.05) is 13.0 Å². The van der Waals surface area contributed by atoms with Crippen LogP contribution in [0.4, 0.5) is 0 Å². The van der Waals surface area contributed by atoms with Crippen LogP contribution in [0.3, 0.4) is 0 Å². The molecule has 0 amide bonds. The molecule has 2 fully saturated rings. The van der Waals surface area contributed by atoms with Gasteiger partial charge in [0.2, 0.25) is 5.78 Å². The average Bonchev–Trinajstić information content (AvgIpc) is 3.28. The Morgan fingerprint density at radius 1 is 1.22 bits per heavy atom. The smallest absolute Gasteiger partial charge is 0.342 e. The number of hydrogen-bond acceptors (Lipinski definition) is 8. The number of rotatable bonds is 0. The first-order valence-corrected chi connectivity index (χ1v) is 9.28. The summed E-state index contributed by atoms with van der Waals surface area (Å²) in [5.74, 6) is -2.32. The second-order valence-electron chi connectivity index (χ2n) is 8.05. The zero-order chi connectivity index (χ0) is 20.0. The van der Waals surface area contributed by atoms with Gasteiger partial charge in [0.15, 0.2) is 17.3 Å². The third-order valence-corrected chi connectivity index (χ3v) is 5.75. The molecular formula is C19H27NO7. The zero-order valence-corrected chi connectivity index (χ0v) is 16.2. The Morgan fingerprint density at radius 2 is 1.89 bits per heavy atom. The fourth-order valence-corrected chi connectivity index (χ4v) is 3.92. The van der Waals surface area contributed by atoms with Crippen LogP contribution in [0.5, 0.6) is 0 Å². The van der Waals surface area contributed by atoms with Gasteiger partial charge in [-0.2, -0.15) is 0 Å². The van der Waals surface area contributed by atoms with Crippen LogP contribution in [0.25, 0.3) is 0 Å². The number of hydrogen-bond donors (Lipinski definition) is 1. The predicted octanol–water partition coefficient (Wildman–Crippen LogP) is 0.221. The second kappa shape index (κ2) is 7.00. The molecule has 0 aliphatic carbocycles. The van der Waals surface area contributed by atoms with Crippen molar-refractivity contribution in [2.24, 2.45) is 5.92 Å². The second-order valence-corrected chi connectivity index (χ2v) is 8.05. The lowest BCUT2D eigenvalue weighted by Gasteiger charge is -2.31. The van der Waals surface area contributed by atoms with E-state index in [1.165, 1.54) is 6.92 Å². The number of nitrogens with zero attached hydrogens (tertiary/aromatic N) is 1. The number of cyclic esters (lactones) is 1. The minimum absolute atomic E-state index is 0.0222. The molecule has 0 aromatic heterocycles. The van der Waals surface area contributed by atoms with Crippen molar-refractivity contribution in [1.82, 2.24) is 4.90 Å². The van der Waals surface area contributed by atoms with E-state index in [4.69, 9.17) is 14.2 Å². The topological polar surface area (TPSA) is 106 Å². The van der Waals surface area contributed by atoms with Gasteiger partial charge >= 0.3 is 11.9 Å². The lowest BCUT2D eigenvalue weighted by molar-refractivity contribution is -0.171. The maximum absolute atomic E-state index is 12.9. The standard InChI is InChI=1S/C19H27NO7/c1-11-9-18(3,24)16(22)25-10-13-5-7-20(4)8-6-14(15(13)21)26-17(23)19(11)12(2)27-19/h5,11-12,14,24H,6-10H2,1-4H3/b13-5-/t11-,12+,14+,18+,19+/m0/s1. The summed E-state index contributed by atoms with van der Waals surface area (Å²) in [6.07, 6.45) is 0.626. The van der Waals surface area contributed by atoms with Crippen LogP contribution in [0.2, 0.25) is 0 Å². The Balaban J connectivity index is 1.97. The predicted molar refractivity (Wildman–Crippen MR) is 93.7 cm³/mol. The minimum atomic E-state index is -1.81. The lowest BCUT2D eigenvalue weighted by atomic mass is 9.82. The molecule has 0 saturated carbocycles. The lowest BCUT2D eigenvalue weighted by Crippen LogP contribution is -2.47. The summed E-state index contributed by atoms with van der Waals surface area (Å²) in [6.45, 7) is 5.63. The van der Waals surface area contributed by atoms with E-state index in [1.54, 1.807) is 19.9 Å². The number of carbonyl (C=O) groups excluding carboxylic acids is 3. The fourth-order valence-electron chi connectivity index (χ4n) is 3.92. The summed E-state index contributed by atoms with van der Waals surface area (Å²) in [5, 5.41) is 10.6. The number of esters is 2. The van der Waals surface area contributed by atoms with Gasteiger partial charge < -0.3 is 24.2 Å². The number of fused-ring (bicyclic) bond motifs is 2. The Morgan fingerprint density at radius 3 is 2.52 bits per heavy atom. The number of epoxide rings is 1. The summed E-state index contributed by atoms with van der Waals surface area (Å²) in [5.41, 5.74) is -2.81. The van der Waals surface area contributed by atoms with E-state index < -0.39 is 41.3 Å². The minimum Gasteiger partial charge on any atom is -0.459 e. The summed E-state index contributed by atoms with van der Waals surface area (Å²) in [7, 11) is 1.89. The summed E-state index contributed by atoms with van der Waals surface area (Å²) in [4.78, 5) is 40.2. The number of carbonyl (C=O) groups is 3. The van der Waals surface area contributed by atoms with Crippen molar-refractivity contribution in [2.45, 2.75) is 57.0 Å². The van der Waals surface area contributed by atoms with Crippen molar-refractivity contribution in [3.63, 3.8) is 0 Å². The summed E-state index contributed by atoms with van der Waals surface area (Å²) in [6, 6.07) is 0. The Bertz CT molecular complexity index is 686. The van der Waals surface area contributed by atoms with E-state index in [2.05, 4.69) is 0 Å². The molecule has 3 rings (SSSR count). The highest BCUT2D eigenvalue weighted by molar-refractivity contribution is 6.01. The Kier molecular flexibility index (Phi) is 5.18. The first kappa shape index (κ1) is 20.0. The van der Waals surface area contributed by atoms with Gasteiger partial charge in [0.1, 0.15) is 6.61 Å². The average molecular weight is 381 g/mol. The quantitative estimate of drug-likeness (QED) is 0.469. The largest absolute Gasteiger partial charge is 0.459 e. The molecule has 8 heteroatoms. The van der Waals surface area contributed by atoms with Crippen LogP contribution in [0.1, 0.15) is 33.6 Å². The van der Waals surface area contributed by atoms with Gasteiger partial charge in [0, 0.05) is 31.0 Å². The summed E-state index contributed by atoms with van der Waals surface area (Å²) < 4.78 is 16.4. The number of Topliss-reactive ketones (excluding diaryl/α,β-unsaturated/α-hetero) is 1. The first-order chi connectivity index (χ1) is 12.6. The Hall–Kier alpha value is -1.77. The molecular weight excluding hydrogens is 354 g/mol. The molecule has 2 saturated heterocycles. The third kappa shape index (κ3) is 3.66. The van der Waals surface area contributed by atoms with Crippen LogP contribution >= 0.6 is 0 Å². The van der Waals surface area contributed by atoms with Gasteiger partial charge in [-0.15, -0.1) is 0 Å². The normalized spacial score (nSPS) is 43.4. The molecule has 0 radical (unpaired) electrons. The molecule has 5 atom stereocenters. The van der Waals surface area contributed by atoms with Crippen LogP contribution in [0, 0.1) is 5.92 Å². The zero-order valence-electron chi connectivity index (χ0n) is 16.2. The number of ketones is 1. The highest BCUT2D eigenvalue weighted by Gasteiger charge is 2.66. The van der Waals surface area contributed by atoms with E-state index >= 15 is 0 Å². The first-order valence-electron chi connectivity index (χ1n) is 9.28. The third-order valence-electron chi connectivity index (χ3n) is 5.75. The van der Waals surface area contributed by atoms with E-state index in [1.807, 2.05) is 11.9 Å². The molecule has 3 aliphatic heterocycles. The van der Waals surface area contributed by atoms with Crippen LogP contribution in [-0.4, -0.2) is 77.9 Å². The molecule has 1 spiro atoms. The van der Waals surface area contributed by atoms with Crippen LogP contribution in [0.15, 0.2) is 11.6 Å².